The molecule has 3 N–H and O–H groups in total. The van der Waals surface area contributed by atoms with Gasteiger partial charge in [-0.3, -0.25) is 0 Å². The van der Waals surface area contributed by atoms with Crippen molar-refractivity contribution in [3.63, 3.8) is 0 Å². The molecule has 6 nitrogen and oxygen atoms in total. The molecule has 0 unspecified atom stereocenters. The van der Waals surface area contributed by atoms with Gasteiger partial charge in [-0.05, 0) is 42.0 Å². The predicted molar refractivity (Wildman–Crippen MR) is 114 cm³/mol. The molecule has 6 heteroatoms. The highest BCUT2D eigenvalue weighted by Gasteiger charge is 2.13. The lowest BCUT2D eigenvalue weighted by Crippen LogP contribution is -2.20. The third-order valence-corrected chi connectivity index (χ3v) is 4.78. The maximum absolute atomic E-state index is 12.3. The molecule has 0 saturated heterocycles. The molecular formula is C23H19N3O3. The zero-order chi connectivity index (χ0) is 19.6. The third-order valence-electron chi connectivity index (χ3n) is 4.78. The molecule has 2 amide bonds. The summed E-state index contributed by atoms with van der Waals surface area (Å²) in [6, 6.07) is 23.0. The molecule has 1 aliphatic heterocycles. The van der Waals surface area contributed by atoms with Crippen molar-refractivity contribution in [1.29, 1.82) is 0 Å². The molecule has 0 radical (unpaired) electrons. The lowest BCUT2D eigenvalue weighted by molar-refractivity contribution is 0.171. The molecule has 0 fully saturated rings. The van der Waals surface area contributed by atoms with Gasteiger partial charge in [0.2, 0.25) is 0 Å². The zero-order valence-electron chi connectivity index (χ0n) is 15.6. The largest absolute Gasteiger partial charge is 0.486 e. The smallest absolute Gasteiger partial charge is 0.323 e. The molecule has 29 heavy (non-hydrogen) atoms. The Bertz CT molecular complexity index is 1150. The number of aromatic nitrogens is 1. The SMILES string of the molecule is O=C(Nc1ccc(-c2cc3ccccc3[nH]2)cc1)Nc1ccc2c(c1)OCCO2. The van der Waals surface area contributed by atoms with Crippen LogP contribution in [-0.2, 0) is 0 Å². The van der Waals surface area contributed by atoms with E-state index in [0.29, 0.717) is 36.1 Å². The van der Waals surface area contributed by atoms with Crippen molar-refractivity contribution in [3.8, 4) is 22.8 Å². The summed E-state index contributed by atoms with van der Waals surface area (Å²) in [5, 5.41) is 6.83. The summed E-state index contributed by atoms with van der Waals surface area (Å²) < 4.78 is 11.0. The molecule has 0 bridgehead atoms. The van der Waals surface area contributed by atoms with E-state index in [2.05, 4.69) is 33.8 Å². The first kappa shape index (κ1) is 17.2. The van der Waals surface area contributed by atoms with Crippen LogP contribution in [0.4, 0.5) is 16.2 Å². The average molecular weight is 385 g/mol. The molecule has 4 aromatic rings. The van der Waals surface area contributed by atoms with E-state index in [1.54, 1.807) is 18.2 Å². The minimum absolute atomic E-state index is 0.319. The molecule has 1 aliphatic rings. The van der Waals surface area contributed by atoms with E-state index in [9.17, 15) is 4.79 Å². The van der Waals surface area contributed by atoms with E-state index < -0.39 is 0 Å². The Morgan fingerprint density at radius 3 is 2.34 bits per heavy atom. The Morgan fingerprint density at radius 2 is 1.52 bits per heavy atom. The first-order chi connectivity index (χ1) is 14.2. The maximum Gasteiger partial charge on any atom is 0.323 e. The normalized spacial score (nSPS) is 12.6. The van der Waals surface area contributed by atoms with Gasteiger partial charge in [0.25, 0.3) is 0 Å². The number of nitrogens with one attached hydrogen (secondary N) is 3. The second-order valence-electron chi connectivity index (χ2n) is 6.79. The lowest BCUT2D eigenvalue weighted by Gasteiger charge is -2.19. The Morgan fingerprint density at radius 1 is 0.793 bits per heavy atom. The summed E-state index contributed by atoms with van der Waals surface area (Å²) in [6.07, 6.45) is 0. The van der Waals surface area contributed by atoms with E-state index in [-0.39, 0.29) is 6.03 Å². The third kappa shape index (κ3) is 3.60. The van der Waals surface area contributed by atoms with Crippen molar-refractivity contribution in [2.45, 2.75) is 0 Å². The Kier molecular flexibility index (Phi) is 4.29. The van der Waals surface area contributed by atoms with E-state index in [0.717, 1.165) is 16.8 Å². The number of anilines is 2. The number of hydrogen-bond donors (Lipinski definition) is 3. The second kappa shape index (κ2) is 7.24. The number of carbonyl (C=O) groups excluding carboxylic acids is 1. The fraction of sp³-hybridized carbons (Fsp3) is 0.0870. The van der Waals surface area contributed by atoms with Crippen LogP contribution in [0.1, 0.15) is 0 Å². The van der Waals surface area contributed by atoms with Crippen molar-refractivity contribution in [3.05, 3.63) is 72.8 Å². The van der Waals surface area contributed by atoms with E-state index in [1.807, 2.05) is 36.4 Å². The van der Waals surface area contributed by atoms with Gasteiger partial charge in [-0.2, -0.15) is 0 Å². The van der Waals surface area contributed by atoms with Crippen LogP contribution < -0.4 is 20.1 Å². The topological polar surface area (TPSA) is 75.4 Å². The average Bonchev–Trinajstić information content (AvgIpc) is 3.18. The number of para-hydroxylation sites is 1. The van der Waals surface area contributed by atoms with Crippen LogP contribution in [0.15, 0.2) is 72.8 Å². The zero-order valence-corrected chi connectivity index (χ0v) is 15.6. The monoisotopic (exact) mass is 385 g/mol. The van der Waals surface area contributed by atoms with Gasteiger partial charge in [0.15, 0.2) is 11.5 Å². The highest BCUT2D eigenvalue weighted by atomic mass is 16.6. The standard InChI is InChI=1S/C23H19N3O3/c27-23(25-18-9-10-21-22(14-18)29-12-11-28-21)24-17-7-5-15(6-8-17)20-13-16-3-1-2-4-19(16)26-20/h1-10,13-14,26H,11-12H2,(H2,24,25,27). The van der Waals surface area contributed by atoms with Crippen LogP contribution in [0.3, 0.4) is 0 Å². The van der Waals surface area contributed by atoms with Gasteiger partial charge in [-0.15, -0.1) is 0 Å². The van der Waals surface area contributed by atoms with E-state index in [1.165, 1.54) is 5.39 Å². The minimum Gasteiger partial charge on any atom is -0.486 e. The quantitative estimate of drug-likeness (QED) is 0.451. The van der Waals surface area contributed by atoms with Crippen molar-refractivity contribution in [2.75, 3.05) is 23.8 Å². The van der Waals surface area contributed by atoms with Crippen molar-refractivity contribution in [2.24, 2.45) is 0 Å². The van der Waals surface area contributed by atoms with Crippen LogP contribution in [0.5, 0.6) is 11.5 Å². The molecule has 1 aromatic heterocycles. The van der Waals surface area contributed by atoms with Gasteiger partial charge in [0.1, 0.15) is 13.2 Å². The summed E-state index contributed by atoms with van der Waals surface area (Å²) in [4.78, 5) is 15.7. The number of rotatable bonds is 3. The maximum atomic E-state index is 12.3. The molecule has 0 atom stereocenters. The highest BCUT2D eigenvalue weighted by molar-refractivity contribution is 6.00. The predicted octanol–water partition coefficient (Wildman–Crippen LogP) is 5.25. The fourth-order valence-corrected chi connectivity index (χ4v) is 3.38. The number of urea groups is 1. The number of ether oxygens (including phenoxy) is 2. The van der Waals surface area contributed by atoms with Crippen molar-refractivity contribution in [1.82, 2.24) is 4.98 Å². The summed E-state index contributed by atoms with van der Waals surface area (Å²) in [5.41, 5.74) is 4.54. The molecule has 144 valence electrons. The number of fused-ring (bicyclic) bond motifs is 2. The minimum atomic E-state index is -0.319. The molecule has 3 aromatic carbocycles. The first-order valence-electron chi connectivity index (χ1n) is 9.40. The highest BCUT2D eigenvalue weighted by Crippen LogP contribution is 2.32. The van der Waals surface area contributed by atoms with E-state index >= 15 is 0 Å². The van der Waals surface area contributed by atoms with Crippen LogP contribution in [0.2, 0.25) is 0 Å². The fourth-order valence-electron chi connectivity index (χ4n) is 3.38. The van der Waals surface area contributed by atoms with Gasteiger partial charge in [0, 0.05) is 34.0 Å². The Hall–Kier alpha value is -3.93. The number of aromatic amines is 1. The molecule has 5 rings (SSSR count). The summed E-state index contributed by atoms with van der Waals surface area (Å²) in [7, 11) is 0. The van der Waals surface area contributed by atoms with Gasteiger partial charge in [0.05, 0.1) is 0 Å². The summed E-state index contributed by atoms with van der Waals surface area (Å²) in [6.45, 7) is 1.04. The molecule has 0 spiro atoms. The van der Waals surface area contributed by atoms with Gasteiger partial charge in [-0.25, -0.2) is 4.79 Å². The van der Waals surface area contributed by atoms with Crippen LogP contribution in [-0.4, -0.2) is 24.2 Å². The van der Waals surface area contributed by atoms with Crippen LogP contribution in [0.25, 0.3) is 22.2 Å². The van der Waals surface area contributed by atoms with Gasteiger partial charge in [-0.1, -0.05) is 30.3 Å². The van der Waals surface area contributed by atoms with Crippen molar-refractivity contribution < 1.29 is 14.3 Å². The number of H-pyrrole nitrogens is 1. The van der Waals surface area contributed by atoms with E-state index in [4.69, 9.17) is 9.47 Å². The lowest BCUT2D eigenvalue weighted by atomic mass is 10.1. The molecular weight excluding hydrogens is 366 g/mol. The van der Waals surface area contributed by atoms with Crippen LogP contribution >= 0.6 is 0 Å². The molecule has 0 aliphatic carbocycles. The number of benzene rings is 3. The Balaban J connectivity index is 1.26. The molecule has 0 saturated carbocycles. The first-order valence-corrected chi connectivity index (χ1v) is 9.40. The van der Waals surface area contributed by atoms with Crippen LogP contribution in [0, 0.1) is 0 Å². The summed E-state index contributed by atoms with van der Waals surface area (Å²) >= 11 is 0. The summed E-state index contributed by atoms with van der Waals surface area (Å²) in [5.74, 6) is 1.33. The molecule has 2 heterocycles. The number of hydrogen-bond acceptors (Lipinski definition) is 3. The van der Waals surface area contributed by atoms with Gasteiger partial charge >= 0.3 is 6.03 Å². The Labute approximate surface area is 167 Å². The second-order valence-corrected chi connectivity index (χ2v) is 6.79. The number of amides is 2. The van der Waals surface area contributed by atoms with Gasteiger partial charge < -0.3 is 25.1 Å². The number of carbonyl (C=O) groups is 1. The van der Waals surface area contributed by atoms with Crippen molar-refractivity contribution >= 4 is 28.3 Å².